The highest BCUT2D eigenvalue weighted by Gasteiger charge is 2.22. The fraction of sp³-hybridized carbons (Fsp3) is 0.667. The van der Waals surface area contributed by atoms with Gasteiger partial charge in [-0.15, -0.1) is 0 Å². The Morgan fingerprint density at radius 3 is 2.95 bits per heavy atom. The molecule has 19 heavy (non-hydrogen) atoms. The zero-order valence-electron chi connectivity index (χ0n) is 12.4. The van der Waals surface area contributed by atoms with Crippen molar-refractivity contribution in [2.45, 2.75) is 45.8 Å². The van der Waals surface area contributed by atoms with Gasteiger partial charge in [-0.1, -0.05) is 6.07 Å². The molecule has 4 heteroatoms. The molecule has 1 N–H and O–H groups in total. The van der Waals surface area contributed by atoms with Gasteiger partial charge in [0.05, 0.1) is 0 Å². The second kappa shape index (κ2) is 6.14. The highest BCUT2D eigenvalue weighted by atomic mass is 32.2. The Labute approximate surface area is 121 Å². The van der Waals surface area contributed by atoms with Crippen LogP contribution in [0.5, 0.6) is 0 Å². The molecule has 0 radical (unpaired) electrons. The van der Waals surface area contributed by atoms with Crippen molar-refractivity contribution in [2.24, 2.45) is 0 Å². The molecule has 0 aromatic carbocycles. The Balaban J connectivity index is 2.15. The molecule has 1 atom stereocenters. The number of pyridine rings is 1. The maximum atomic E-state index is 4.63. The van der Waals surface area contributed by atoms with Crippen molar-refractivity contribution in [3.8, 4) is 0 Å². The number of nitrogens with zero attached hydrogens (tertiary/aromatic N) is 2. The first-order chi connectivity index (χ1) is 8.97. The molecule has 1 fully saturated rings. The molecule has 1 saturated heterocycles. The van der Waals surface area contributed by atoms with Crippen LogP contribution in [0.4, 0.5) is 5.82 Å². The summed E-state index contributed by atoms with van der Waals surface area (Å²) in [4.78, 5) is 7.08. The molecule has 0 amide bonds. The first kappa shape index (κ1) is 14.7. The van der Waals surface area contributed by atoms with Gasteiger partial charge < -0.3 is 10.2 Å². The third-order valence-corrected chi connectivity index (χ3v) is 4.51. The Kier molecular flexibility index (Phi) is 4.74. The van der Waals surface area contributed by atoms with Crippen LogP contribution in [0.1, 0.15) is 33.3 Å². The van der Waals surface area contributed by atoms with E-state index in [9.17, 15) is 0 Å². The predicted molar refractivity (Wildman–Crippen MR) is 85.0 cm³/mol. The first-order valence-corrected chi connectivity index (χ1v) is 8.16. The summed E-state index contributed by atoms with van der Waals surface area (Å²) >= 11 is 2.04. The summed E-state index contributed by atoms with van der Waals surface area (Å²) < 4.78 is 0. The van der Waals surface area contributed by atoms with E-state index in [1.54, 1.807) is 0 Å². The molecule has 106 valence electrons. The maximum absolute atomic E-state index is 4.63. The lowest BCUT2D eigenvalue weighted by Gasteiger charge is -2.35. The summed E-state index contributed by atoms with van der Waals surface area (Å²) in [5.74, 6) is 3.56. The SMILES string of the molecule is CC1CSCCN1c1ncccc1CNC(C)(C)C. The number of rotatable bonds is 3. The maximum Gasteiger partial charge on any atom is 0.133 e. The van der Waals surface area contributed by atoms with Gasteiger partial charge in [0.1, 0.15) is 5.82 Å². The van der Waals surface area contributed by atoms with Crippen LogP contribution in [0.3, 0.4) is 0 Å². The Hall–Kier alpha value is -0.740. The average molecular weight is 279 g/mol. The quantitative estimate of drug-likeness (QED) is 0.921. The van der Waals surface area contributed by atoms with Gasteiger partial charge in [-0.3, -0.25) is 0 Å². The van der Waals surface area contributed by atoms with Gasteiger partial charge in [0.2, 0.25) is 0 Å². The van der Waals surface area contributed by atoms with Crippen LogP contribution in [-0.2, 0) is 6.54 Å². The molecule has 0 aliphatic carbocycles. The second-order valence-corrected chi connectivity index (χ2v) is 7.36. The van der Waals surface area contributed by atoms with Crippen LogP contribution in [0.15, 0.2) is 18.3 Å². The van der Waals surface area contributed by atoms with E-state index in [1.165, 1.54) is 17.1 Å². The summed E-state index contributed by atoms with van der Waals surface area (Å²) in [6.45, 7) is 10.9. The van der Waals surface area contributed by atoms with Crippen molar-refractivity contribution in [1.82, 2.24) is 10.3 Å². The first-order valence-electron chi connectivity index (χ1n) is 7.01. The molecular formula is C15H25N3S. The molecule has 3 nitrogen and oxygen atoms in total. The minimum absolute atomic E-state index is 0.135. The smallest absolute Gasteiger partial charge is 0.133 e. The van der Waals surface area contributed by atoms with Crippen molar-refractivity contribution in [2.75, 3.05) is 23.0 Å². The summed E-state index contributed by atoms with van der Waals surface area (Å²) in [6, 6.07) is 4.80. The minimum atomic E-state index is 0.135. The third-order valence-electron chi connectivity index (χ3n) is 3.32. The zero-order chi connectivity index (χ0) is 13.9. The Morgan fingerprint density at radius 1 is 1.47 bits per heavy atom. The summed E-state index contributed by atoms with van der Waals surface area (Å²) in [5.41, 5.74) is 1.44. The second-order valence-electron chi connectivity index (χ2n) is 6.21. The lowest BCUT2D eigenvalue weighted by molar-refractivity contribution is 0.423. The summed E-state index contributed by atoms with van der Waals surface area (Å²) in [6.07, 6.45) is 1.91. The van der Waals surface area contributed by atoms with Gasteiger partial charge in [-0.25, -0.2) is 4.98 Å². The van der Waals surface area contributed by atoms with E-state index in [-0.39, 0.29) is 5.54 Å². The Bertz CT molecular complexity index is 414. The van der Waals surface area contributed by atoms with Gasteiger partial charge >= 0.3 is 0 Å². The number of anilines is 1. The molecule has 2 heterocycles. The van der Waals surface area contributed by atoms with E-state index in [2.05, 4.69) is 49.0 Å². The van der Waals surface area contributed by atoms with Gasteiger partial charge in [0.15, 0.2) is 0 Å². The van der Waals surface area contributed by atoms with E-state index in [1.807, 2.05) is 24.0 Å². The monoisotopic (exact) mass is 279 g/mol. The summed E-state index contributed by atoms with van der Waals surface area (Å²) in [7, 11) is 0. The number of nitrogens with one attached hydrogen (secondary N) is 1. The van der Waals surface area contributed by atoms with Crippen molar-refractivity contribution in [1.29, 1.82) is 0 Å². The molecule has 1 aromatic heterocycles. The van der Waals surface area contributed by atoms with Crippen LogP contribution in [0.2, 0.25) is 0 Å². The van der Waals surface area contributed by atoms with Crippen LogP contribution in [0.25, 0.3) is 0 Å². The van der Waals surface area contributed by atoms with Gasteiger partial charge in [0, 0.05) is 47.9 Å². The highest BCUT2D eigenvalue weighted by molar-refractivity contribution is 7.99. The summed E-state index contributed by atoms with van der Waals surface area (Å²) in [5, 5.41) is 3.56. The van der Waals surface area contributed by atoms with Crippen LogP contribution < -0.4 is 10.2 Å². The fourth-order valence-corrected chi connectivity index (χ4v) is 3.24. The molecule has 1 aliphatic rings. The van der Waals surface area contributed by atoms with E-state index < -0.39 is 0 Å². The van der Waals surface area contributed by atoms with E-state index in [0.717, 1.165) is 18.9 Å². The lowest BCUT2D eigenvalue weighted by atomic mass is 10.1. The van der Waals surface area contributed by atoms with Gasteiger partial charge in [-0.05, 0) is 33.8 Å². The van der Waals surface area contributed by atoms with E-state index >= 15 is 0 Å². The molecule has 2 rings (SSSR count). The van der Waals surface area contributed by atoms with E-state index in [4.69, 9.17) is 0 Å². The number of aromatic nitrogens is 1. The lowest BCUT2D eigenvalue weighted by Crippen LogP contribution is -2.42. The normalized spacial score (nSPS) is 20.6. The van der Waals surface area contributed by atoms with Gasteiger partial charge in [0.25, 0.3) is 0 Å². The number of thioether (sulfide) groups is 1. The number of hydrogen-bond acceptors (Lipinski definition) is 4. The van der Waals surface area contributed by atoms with Crippen LogP contribution in [0, 0.1) is 0 Å². The standard InChI is InChI=1S/C15H25N3S/c1-12-11-19-9-8-18(12)14-13(6-5-7-16-14)10-17-15(2,3)4/h5-7,12,17H,8-11H2,1-4H3. The number of hydrogen-bond donors (Lipinski definition) is 1. The van der Waals surface area contributed by atoms with Crippen LogP contribution in [-0.4, -0.2) is 34.6 Å². The molecule has 0 saturated carbocycles. The fourth-order valence-electron chi connectivity index (χ4n) is 2.23. The molecule has 1 aliphatic heterocycles. The topological polar surface area (TPSA) is 28.2 Å². The molecule has 1 aromatic rings. The zero-order valence-corrected chi connectivity index (χ0v) is 13.3. The van der Waals surface area contributed by atoms with Crippen LogP contribution >= 0.6 is 11.8 Å². The van der Waals surface area contributed by atoms with Crippen molar-refractivity contribution >= 4 is 17.6 Å². The average Bonchev–Trinajstić information content (AvgIpc) is 2.37. The molecular weight excluding hydrogens is 254 g/mol. The third kappa shape index (κ3) is 4.11. The molecule has 0 spiro atoms. The largest absolute Gasteiger partial charge is 0.352 e. The highest BCUT2D eigenvalue weighted by Crippen LogP contribution is 2.25. The van der Waals surface area contributed by atoms with E-state index in [0.29, 0.717) is 6.04 Å². The van der Waals surface area contributed by atoms with Crippen molar-refractivity contribution in [3.63, 3.8) is 0 Å². The Morgan fingerprint density at radius 2 is 2.26 bits per heavy atom. The van der Waals surface area contributed by atoms with Crippen molar-refractivity contribution in [3.05, 3.63) is 23.9 Å². The van der Waals surface area contributed by atoms with Crippen molar-refractivity contribution < 1.29 is 0 Å². The molecule has 1 unspecified atom stereocenters. The molecule has 0 bridgehead atoms. The predicted octanol–water partition coefficient (Wildman–Crippen LogP) is 2.91. The minimum Gasteiger partial charge on any atom is -0.352 e. The van der Waals surface area contributed by atoms with Gasteiger partial charge in [-0.2, -0.15) is 11.8 Å².